The van der Waals surface area contributed by atoms with Crippen molar-refractivity contribution in [1.82, 2.24) is 15.0 Å². The maximum Gasteiger partial charge on any atom is 0.164 e. The molecule has 55 heavy (non-hydrogen) atoms. The van der Waals surface area contributed by atoms with Crippen molar-refractivity contribution in [2.24, 2.45) is 0 Å². The molecule has 2 aromatic heterocycles. The van der Waals surface area contributed by atoms with E-state index in [0.717, 1.165) is 71.3 Å². The van der Waals surface area contributed by atoms with E-state index in [1.54, 1.807) is 0 Å². The van der Waals surface area contributed by atoms with Crippen LogP contribution < -0.4 is 0 Å². The number of para-hydroxylation sites is 1. The van der Waals surface area contributed by atoms with Crippen LogP contribution >= 0.6 is 0 Å². The van der Waals surface area contributed by atoms with E-state index in [9.17, 15) is 0 Å². The van der Waals surface area contributed by atoms with E-state index in [4.69, 9.17) is 19.4 Å². The monoisotopic (exact) mass is 699 g/mol. The summed E-state index contributed by atoms with van der Waals surface area (Å²) in [6.07, 6.45) is 0. The smallest absolute Gasteiger partial charge is 0.164 e. The third kappa shape index (κ3) is 4.49. The molecule has 0 radical (unpaired) electrons. The lowest BCUT2D eigenvalue weighted by atomic mass is 9.93. The van der Waals surface area contributed by atoms with Crippen LogP contribution in [0.3, 0.4) is 0 Å². The molecule has 0 spiro atoms. The van der Waals surface area contributed by atoms with E-state index in [-0.39, 0.29) is 0 Å². The minimum Gasteiger partial charge on any atom is -0.455 e. The second-order valence-corrected chi connectivity index (χ2v) is 14.3. The van der Waals surface area contributed by atoms with Gasteiger partial charge in [0.25, 0.3) is 0 Å². The van der Waals surface area contributed by atoms with Crippen molar-refractivity contribution in [2.45, 2.75) is 0 Å². The summed E-state index contributed by atoms with van der Waals surface area (Å²) in [4.78, 5) is 15.3. The van der Waals surface area contributed by atoms with E-state index in [1.807, 2.05) is 30.3 Å². The molecule has 1 aliphatic rings. The molecule has 0 aliphatic heterocycles. The van der Waals surface area contributed by atoms with Gasteiger partial charge >= 0.3 is 0 Å². The normalized spacial score (nSPS) is 12.0. The van der Waals surface area contributed by atoms with E-state index < -0.39 is 0 Å². The molecule has 0 atom stereocenters. The summed E-state index contributed by atoms with van der Waals surface area (Å²) in [5.41, 5.74) is 11.9. The van der Waals surface area contributed by atoms with Crippen LogP contribution in [0, 0.1) is 0 Å². The van der Waals surface area contributed by atoms with Gasteiger partial charge in [0, 0.05) is 43.8 Å². The van der Waals surface area contributed by atoms with E-state index in [0.29, 0.717) is 17.5 Å². The topological polar surface area (TPSA) is 51.8 Å². The molecule has 4 heteroatoms. The molecule has 12 rings (SSSR count). The molecule has 0 fully saturated rings. The van der Waals surface area contributed by atoms with Crippen molar-refractivity contribution >= 4 is 54.3 Å². The first kappa shape index (κ1) is 30.1. The molecule has 11 aromatic rings. The Morgan fingerprint density at radius 1 is 0.291 bits per heavy atom. The zero-order valence-electron chi connectivity index (χ0n) is 29.5. The number of nitrogens with zero attached hydrogens (tertiary/aromatic N) is 3. The molecule has 0 amide bonds. The Morgan fingerprint density at radius 3 is 1.73 bits per heavy atom. The van der Waals surface area contributed by atoms with Gasteiger partial charge in [-0.15, -0.1) is 0 Å². The third-order valence-electron chi connectivity index (χ3n) is 11.3. The fourth-order valence-corrected chi connectivity index (χ4v) is 8.73. The van der Waals surface area contributed by atoms with Crippen molar-refractivity contribution in [3.05, 3.63) is 176 Å². The molecule has 0 N–H and O–H groups in total. The number of fused-ring (bicyclic) bond motifs is 9. The predicted octanol–water partition coefficient (Wildman–Crippen LogP) is 13.5. The van der Waals surface area contributed by atoms with Crippen LogP contribution in [-0.2, 0) is 0 Å². The number of hydrogen-bond acceptors (Lipinski definition) is 4. The highest BCUT2D eigenvalue weighted by Gasteiger charge is 2.25. The molecule has 254 valence electrons. The third-order valence-corrected chi connectivity index (χ3v) is 11.3. The van der Waals surface area contributed by atoms with Gasteiger partial charge in [0.1, 0.15) is 11.2 Å². The standard InChI is InChI=1S/C51H29N3O/c1-2-13-31(14-3-1)49-52-50(33-25-24-30-12-4-5-15-32(30)28-33)54-51(53-49)42-27-26-38(34-16-6-8-18-36(34)42)40-21-11-22-41-45-29-44-37-19-9-7-17-35(37)39-20-10-23-43(46(39)44)48(45)55-47(40)41/h1-29H. The molecule has 0 saturated heterocycles. The van der Waals surface area contributed by atoms with Gasteiger partial charge in [-0.1, -0.05) is 158 Å². The fourth-order valence-electron chi connectivity index (χ4n) is 8.73. The highest BCUT2D eigenvalue weighted by Crippen LogP contribution is 2.51. The van der Waals surface area contributed by atoms with Gasteiger partial charge in [-0.3, -0.25) is 0 Å². The van der Waals surface area contributed by atoms with Gasteiger partial charge in [-0.25, -0.2) is 15.0 Å². The summed E-state index contributed by atoms with van der Waals surface area (Å²) in [7, 11) is 0. The first-order valence-electron chi connectivity index (χ1n) is 18.6. The zero-order chi connectivity index (χ0) is 36.0. The van der Waals surface area contributed by atoms with Gasteiger partial charge in [-0.05, 0) is 67.6 Å². The maximum atomic E-state index is 6.98. The molecule has 0 bridgehead atoms. The van der Waals surface area contributed by atoms with Gasteiger partial charge in [0.15, 0.2) is 17.5 Å². The molecular formula is C51H29N3O. The summed E-state index contributed by atoms with van der Waals surface area (Å²) >= 11 is 0. The maximum absolute atomic E-state index is 6.98. The lowest BCUT2D eigenvalue weighted by Crippen LogP contribution is -2.00. The lowest BCUT2D eigenvalue weighted by Gasteiger charge is -2.13. The van der Waals surface area contributed by atoms with Crippen molar-refractivity contribution in [3.63, 3.8) is 0 Å². The minimum atomic E-state index is 0.631. The SMILES string of the molecule is c1ccc(-c2nc(-c3ccc4ccccc4c3)nc(-c3ccc(-c4cccc5c4oc4c6cccc7c6c(cc54)-c4ccccc4-7)c4ccccc34)n2)cc1. The summed E-state index contributed by atoms with van der Waals surface area (Å²) in [5, 5.41) is 9.14. The quantitative estimate of drug-likeness (QED) is 0.183. The van der Waals surface area contributed by atoms with Crippen molar-refractivity contribution in [3.8, 4) is 67.5 Å². The van der Waals surface area contributed by atoms with Crippen LogP contribution in [0.5, 0.6) is 0 Å². The molecule has 4 nitrogen and oxygen atoms in total. The largest absolute Gasteiger partial charge is 0.455 e. The second kappa shape index (κ2) is 11.5. The van der Waals surface area contributed by atoms with Crippen molar-refractivity contribution < 1.29 is 4.42 Å². The number of hydrogen-bond donors (Lipinski definition) is 0. The fraction of sp³-hybridized carbons (Fsp3) is 0. The van der Waals surface area contributed by atoms with Gasteiger partial charge in [0.05, 0.1) is 0 Å². The van der Waals surface area contributed by atoms with Crippen LogP contribution in [0.15, 0.2) is 180 Å². The Kier molecular flexibility index (Phi) is 6.31. The lowest BCUT2D eigenvalue weighted by molar-refractivity contribution is 0.674. The van der Waals surface area contributed by atoms with Crippen LogP contribution in [-0.4, -0.2) is 15.0 Å². The van der Waals surface area contributed by atoms with E-state index in [2.05, 4.69) is 146 Å². The van der Waals surface area contributed by atoms with E-state index >= 15 is 0 Å². The summed E-state index contributed by atoms with van der Waals surface area (Å²) < 4.78 is 6.98. The van der Waals surface area contributed by atoms with Gasteiger partial charge in [-0.2, -0.15) is 0 Å². The predicted molar refractivity (Wildman–Crippen MR) is 226 cm³/mol. The molecule has 9 aromatic carbocycles. The molecular weight excluding hydrogens is 671 g/mol. The first-order valence-corrected chi connectivity index (χ1v) is 18.6. The minimum absolute atomic E-state index is 0.631. The van der Waals surface area contributed by atoms with E-state index in [1.165, 1.54) is 33.0 Å². The zero-order valence-corrected chi connectivity index (χ0v) is 29.5. The van der Waals surface area contributed by atoms with Crippen molar-refractivity contribution in [1.29, 1.82) is 0 Å². The van der Waals surface area contributed by atoms with Crippen LogP contribution in [0.1, 0.15) is 0 Å². The Hall–Kier alpha value is -7.43. The Labute approximate surface area is 316 Å². The highest BCUT2D eigenvalue weighted by molar-refractivity contribution is 6.27. The van der Waals surface area contributed by atoms with Crippen LogP contribution in [0.2, 0.25) is 0 Å². The molecule has 0 unspecified atom stereocenters. The summed E-state index contributed by atoms with van der Waals surface area (Å²) in [5.74, 6) is 1.91. The Bertz CT molecular complexity index is 3380. The number of aromatic nitrogens is 3. The first-order chi connectivity index (χ1) is 27.3. The summed E-state index contributed by atoms with van der Waals surface area (Å²) in [6, 6.07) is 61.9. The Balaban J connectivity index is 1.06. The van der Waals surface area contributed by atoms with Crippen molar-refractivity contribution in [2.75, 3.05) is 0 Å². The van der Waals surface area contributed by atoms with Crippen LogP contribution in [0.4, 0.5) is 0 Å². The van der Waals surface area contributed by atoms with Gasteiger partial charge < -0.3 is 4.42 Å². The highest BCUT2D eigenvalue weighted by atomic mass is 16.3. The summed E-state index contributed by atoms with van der Waals surface area (Å²) in [6.45, 7) is 0. The number of rotatable bonds is 4. The molecule has 1 aliphatic carbocycles. The number of benzene rings is 9. The van der Waals surface area contributed by atoms with Gasteiger partial charge in [0.2, 0.25) is 0 Å². The van der Waals surface area contributed by atoms with Crippen LogP contribution in [0.25, 0.3) is 122 Å². The average Bonchev–Trinajstić information content (AvgIpc) is 3.80. The Morgan fingerprint density at radius 2 is 0.891 bits per heavy atom. The average molecular weight is 700 g/mol. The molecule has 2 heterocycles. The number of furan rings is 1. The molecule has 0 saturated carbocycles. The second-order valence-electron chi connectivity index (χ2n) is 14.3.